The lowest BCUT2D eigenvalue weighted by Crippen LogP contribution is -2.47. The number of amides is 1. The van der Waals surface area contributed by atoms with Gasteiger partial charge in [0.15, 0.2) is 5.82 Å². The first kappa shape index (κ1) is 19.6. The Morgan fingerprint density at radius 2 is 1.86 bits per heavy atom. The lowest BCUT2D eigenvalue weighted by molar-refractivity contribution is -0.0158. The van der Waals surface area contributed by atoms with Gasteiger partial charge in [-0.15, -0.1) is 0 Å². The van der Waals surface area contributed by atoms with Crippen molar-refractivity contribution in [1.29, 1.82) is 0 Å². The van der Waals surface area contributed by atoms with Crippen molar-refractivity contribution in [3.8, 4) is 0 Å². The second-order valence-electron chi connectivity index (χ2n) is 8.46. The summed E-state index contributed by atoms with van der Waals surface area (Å²) in [5.41, 5.74) is 1.26. The Hall–Kier alpha value is -2.71. The Morgan fingerprint density at radius 1 is 1.21 bits per heavy atom. The van der Waals surface area contributed by atoms with Gasteiger partial charge < -0.3 is 14.9 Å². The molecule has 2 aromatic rings. The highest BCUT2D eigenvalue weighted by Crippen LogP contribution is 2.57. The molecule has 0 radical (unpaired) electrons. The number of nitrogens with one attached hydrogen (secondary N) is 2. The lowest BCUT2D eigenvalue weighted by atomic mass is 9.53. The van der Waals surface area contributed by atoms with E-state index in [1.807, 2.05) is 6.07 Å². The monoisotopic (exact) mass is 406 g/mol. The summed E-state index contributed by atoms with van der Waals surface area (Å²) in [5.74, 6) is -3.31. The van der Waals surface area contributed by atoms with Crippen molar-refractivity contribution < 1.29 is 23.2 Å². The third-order valence-corrected chi connectivity index (χ3v) is 6.46. The van der Waals surface area contributed by atoms with Crippen molar-refractivity contribution in [3.63, 3.8) is 0 Å². The molecule has 1 aromatic carbocycles. The fourth-order valence-corrected chi connectivity index (χ4v) is 4.60. The van der Waals surface area contributed by atoms with E-state index in [4.69, 9.17) is 9.63 Å². The molecule has 0 spiro atoms. The summed E-state index contributed by atoms with van der Waals surface area (Å²) in [4.78, 5) is 14.8. The van der Waals surface area contributed by atoms with E-state index in [9.17, 15) is 13.6 Å². The van der Waals surface area contributed by atoms with Crippen molar-refractivity contribution in [1.82, 2.24) is 10.1 Å². The summed E-state index contributed by atoms with van der Waals surface area (Å²) < 4.78 is 31.7. The molecule has 1 amide bonds. The summed E-state index contributed by atoms with van der Waals surface area (Å²) in [7, 11) is 0. The summed E-state index contributed by atoms with van der Waals surface area (Å²) in [6.07, 6.45) is 4.33. The number of carbonyl (C=O) groups is 1. The summed E-state index contributed by atoms with van der Waals surface area (Å²) >= 11 is 0. The molecule has 156 valence electrons. The quantitative estimate of drug-likeness (QED) is 0.626. The van der Waals surface area contributed by atoms with E-state index in [1.54, 1.807) is 18.2 Å². The molecule has 3 saturated carbocycles. The van der Waals surface area contributed by atoms with Crippen LogP contribution < -0.4 is 10.6 Å². The molecule has 3 N–H and O–H groups in total. The van der Waals surface area contributed by atoms with Crippen LogP contribution >= 0.6 is 0 Å². The highest BCUT2D eigenvalue weighted by Gasteiger charge is 2.52. The van der Waals surface area contributed by atoms with Gasteiger partial charge in [0.2, 0.25) is 0 Å². The third kappa shape index (κ3) is 3.90. The van der Waals surface area contributed by atoms with Gasteiger partial charge in [0, 0.05) is 30.3 Å². The Bertz CT molecular complexity index is 885. The standard InChI is InChI=1S/C20H24F2N4O3/c1-18(21,22)16-25-15(26-29-16)20-8-5-19(6-9-20,7-10-20)12-23-13-3-2-4-14(11-13)24-17(27)28/h2-4,11,23-24H,5-10,12H2,1H3,(H,27,28). The molecular weight excluding hydrogens is 382 g/mol. The van der Waals surface area contributed by atoms with Gasteiger partial charge in [0.25, 0.3) is 5.89 Å². The van der Waals surface area contributed by atoms with Gasteiger partial charge in [-0.25, -0.2) is 4.79 Å². The molecular formula is C20H24F2N4O3. The van der Waals surface area contributed by atoms with Gasteiger partial charge in [-0.2, -0.15) is 13.8 Å². The van der Waals surface area contributed by atoms with Gasteiger partial charge in [-0.3, -0.25) is 5.32 Å². The number of alkyl halides is 2. The number of aromatic nitrogens is 2. The van der Waals surface area contributed by atoms with Crippen LogP contribution in [0.2, 0.25) is 0 Å². The number of rotatable bonds is 6. The number of fused-ring (bicyclic) bond motifs is 3. The normalized spacial score (nSPS) is 26.3. The van der Waals surface area contributed by atoms with Gasteiger partial charge >= 0.3 is 12.0 Å². The number of anilines is 2. The number of nitrogens with zero attached hydrogens (tertiary/aromatic N) is 2. The van der Waals surface area contributed by atoms with E-state index in [0.29, 0.717) is 11.5 Å². The predicted molar refractivity (Wildman–Crippen MR) is 102 cm³/mol. The number of carboxylic acid groups (broad SMARTS) is 1. The van der Waals surface area contributed by atoms with E-state index < -0.39 is 17.9 Å². The van der Waals surface area contributed by atoms with Gasteiger partial charge in [-0.1, -0.05) is 11.2 Å². The predicted octanol–water partition coefficient (Wildman–Crippen LogP) is 4.98. The van der Waals surface area contributed by atoms with Crippen LogP contribution in [0.4, 0.5) is 25.0 Å². The number of hydrogen-bond donors (Lipinski definition) is 3. The first-order valence-corrected chi connectivity index (χ1v) is 9.76. The van der Waals surface area contributed by atoms with Crippen LogP contribution in [0.3, 0.4) is 0 Å². The zero-order valence-electron chi connectivity index (χ0n) is 16.2. The van der Waals surface area contributed by atoms with Crippen LogP contribution in [-0.2, 0) is 11.3 Å². The minimum Gasteiger partial charge on any atom is -0.465 e. The molecule has 0 unspecified atom stereocenters. The number of hydrogen-bond acceptors (Lipinski definition) is 5. The Labute approximate surface area is 166 Å². The Kier molecular flexibility index (Phi) is 4.71. The summed E-state index contributed by atoms with van der Waals surface area (Å²) in [5, 5.41) is 18.5. The third-order valence-electron chi connectivity index (χ3n) is 6.46. The second-order valence-corrected chi connectivity index (χ2v) is 8.46. The maximum absolute atomic E-state index is 13.5. The zero-order valence-corrected chi connectivity index (χ0v) is 16.2. The van der Waals surface area contributed by atoms with Gasteiger partial charge in [0.1, 0.15) is 0 Å². The van der Waals surface area contributed by atoms with Crippen molar-refractivity contribution in [2.45, 2.75) is 56.8 Å². The Balaban J connectivity index is 1.40. The van der Waals surface area contributed by atoms with Crippen LogP contribution in [0.25, 0.3) is 0 Å². The van der Waals surface area contributed by atoms with Gasteiger partial charge in [-0.05, 0) is 62.1 Å². The molecule has 0 atom stereocenters. The van der Waals surface area contributed by atoms with Crippen LogP contribution in [0.15, 0.2) is 28.8 Å². The molecule has 29 heavy (non-hydrogen) atoms. The minimum atomic E-state index is -3.12. The van der Waals surface area contributed by atoms with E-state index in [-0.39, 0.29) is 10.8 Å². The number of halogens is 2. The van der Waals surface area contributed by atoms with Crippen LogP contribution in [0.5, 0.6) is 0 Å². The van der Waals surface area contributed by atoms with Crippen molar-refractivity contribution in [2.24, 2.45) is 5.41 Å². The largest absolute Gasteiger partial charge is 0.465 e. The molecule has 3 fully saturated rings. The average Bonchev–Trinajstić information content (AvgIpc) is 3.19. The molecule has 0 saturated heterocycles. The van der Waals surface area contributed by atoms with E-state index in [0.717, 1.165) is 57.7 Å². The maximum Gasteiger partial charge on any atom is 0.409 e. The van der Waals surface area contributed by atoms with E-state index in [1.165, 1.54) is 0 Å². The fourth-order valence-electron chi connectivity index (χ4n) is 4.60. The zero-order chi connectivity index (χ0) is 20.7. The number of benzene rings is 1. The average molecular weight is 406 g/mol. The lowest BCUT2D eigenvalue weighted by Gasteiger charge is -2.52. The highest BCUT2D eigenvalue weighted by molar-refractivity contribution is 5.83. The molecule has 5 rings (SSSR count). The van der Waals surface area contributed by atoms with Crippen LogP contribution in [0, 0.1) is 5.41 Å². The highest BCUT2D eigenvalue weighted by atomic mass is 19.3. The summed E-state index contributed by atoms with van der Waals surface area (Å²) in [6.45, 7) is 1.55. The molecule has 7 nitrogen and oxygen atoms in total. The van der Waals surface area contributed by atoms with Crippen LogP contribution in [-0.4, -0.2) is 27.9 Å². The van der Waals surface area contributed by atoms with Crippen molar-refractivity contribution in [3.05, 3.63) is 36.0 Å². The molecule has 1 aromatic heterocycles. The van der Waals surface area contributed by atoms with Crippen LogP contribution in [0.1, 0.15) is 57.2 Å². The van der Waals surface area contributed by atoms with Crippen molar-refractivity contribution >= 4 is 17.5 Å². The molecule has 2 bridgehead atoms. The minimum absolute atomic E-state index is 0.138. The molecule has 0 aliphatic heterocycles. The smallest absolute Gasteiger partial charge is 0.409 e. The summed E-state index contributed by atoms with van der Waals surface area (Å²) in [6, 6.07) is 7.18. The van der Waals surface area contributed by atoms with E-state index in [2.05, 4.69) is 20.8 Å². The molecule has 3 aliphatic rings. The maximum atomic E-state index is 13.5. The topological polar surface area (TPSA) is 100 Å². The Morgan fingerprint density at radius 3 is 2.45 bits per heavy atom. The molecule has 1 heterocycles. The van der Waals surface area contributed by atoms with E-state index >= 15 is 0 Å². The SMILES string of the molecule is CC(F)(F)c1nc(C23CCC(CNc4cccc(NC(=O)O)c4)(CC2)CC3)no1. The molecule has 3 aliphatic carbocycles. The molecule has 9 heteroatoms. The first-order valence-electron chi connectivity index (χ1n) is 9.76. The van der Waals surface area contributed by atoms with Crippen molar-refractivity contribution in [2.75, 3.05) is 17.2 Å². The first-order chi connectivity index (χ1) is 13.7. The fraction of sp³-hybridized carbons (Fsp3) is 0.550. The van der Waals surface area contributed by atoms with Gasteiger partial charge in [0.05, 0.1) is 0 Å². The second kappa shape index (κ2) is 6.96.